The number of allylic oxidation sites excluding steroid dienone is 1. The van der Waals surface area contributed by atoms with E-state index in [9.17, 15) is 10.2 Å². The van der Waals surface area contributed by atoms with E-state index in [4.69, 9.17) is 4.74 Å². The highest BCUT2D eigenvalue weighted by atomic mass is 16.5. The zero-order chi connectivity index (χ0) is 22.1. The fraction of sp³-hybridized carbons (Fsp3) is 0.286. The summed E-state index contributed by atoms with van der Waals surface area (Å²) >= 11 is 0. The van der Waals surface area contributed by atoms with Gasteiger partial charge in [0.05, 0.1) is 0 Å². The van der Waals surface area contributed by atoms with Gasteiger partial charge in [0.1, 0.15) is 18.1 Å². The predicted molar refractivity (Wildman–Crippen MR) is 134 cm³/mol. The molecule has 3 aromatic carbocycles. The molecule has 32 heavy (non-hydrogen) atoms. The molecule has 0 aromatic heterocycles. The summed E-state index contributed by atoms with van der Waals surface area (Å²) < 4.78 is 5.86. The molecule has 2 N–H and O–H groups in total. The van der Waals surface area contributed by atoms with E-state index >= 15 is 0 Å². The average molecular weight is 434 g/mol. The van der Waals surface area contributed by atoms with E-state index in [-0.39, 0.29) is 19.8 Å². The summed E-state index contributed by atoms with van der Waals surface area (Å²) in [7, 11) is 4.05. The van der Waals surface area contributed by atoms with Crippen LogP contribution in [-0.4, -0.2) is 49.0 Å². The minimum absolute atomic E-state index is 0. The topological polar surface area (TPSA) is 52.9 Å². The van der Waals surface area contributed by atoms with Crippen molar-refractivity contribution < 1.29 is 14.9 Å². The second-order valence-electron chi connectivity index (χ2n) is 7.77. The van der Waals surface area contributed by atoms with Gasteiger partial charge >= 0.3 is 0 Å². The fourth-order valence-electron chi connectivity index (χ4n) is 3.52. The molecule has 170 valence electrons. The van der Waals surface area contributed by atoms with Crippen molar-refractivity contribution in [2.75, 3.05) is 33.9 Å². The van der Waals surface area contributed by atoms with Gasteiger partial charge in [0.25, 0.3) is 0 Å². The van der Waals surface area contributed by atoms with Crippen molar-refractivity contribution >= 4 is 11.1 Å². The lowest BCUT2D eigenvalue weighted by atomic mass is 9.87. The first kappa shape index (κ1) is 25.2. The van der Waals surface area contributed by atoms with Gasteiger partial charge in [-0.3, -0.25) is 0 Å². The molecule has 4 heteroatoms. The Hall–Kier alpha value is -3.08. The quantitative estimate of drug-likeness (QED) is 0.403. The van der Waals surface area contributed by atoms with E-state index in [1.807, 2.05) is 56.6 Å². The van der Waals surface area contributed by atoms with Gasteiger partial charge < -0.3 is 19.8 Å². The number of hydrogen-bond acceptors (Lipinski definition) is 4. The van der Waals surface area contributed by atoms with Gasteiger partial charge in [-0.25, -0.2) is 0 Å². The standard InChI is InChI=1S/C27H31NO3.CH4/c1-28(2)18-20-31-25-16-12-23(13-17-25)27(22-10-14-24(30)15-11-22)26(9-6-19-29)21-7-4-3-5-8-21;/h3-5,7-8,10-17,29-30H,6,9,18-20H2,1-2H3;1H4/b27-26-;. The zero-order valence-corrected chi connectivity index (χ0v) is 18.3. The van der Waals surface area contributed by atoms with Crippen LogP contribution in [0.4, 0.5) is 0 Å². The number of ether oxygens (including phenoxy) is 1. The number of aromatic hydroxyl groups is 1. The maximum absolute atomic E-state index is 9.79. The lowest BCUT2D eigenvalue weighted by Gasteiger charge is -2.18. The van der Waals surface area contributed by atoms with Crippen LogP contribution in [0.1, 0.15) is 37.0 Å². The van der Waals surface area contributed by atoms with Gasteiger partial charge in [0.15, 0.2) is 0 Å². The van der Waals surface area contributed by atoms with Crippen LogP contribution in [-0.2, 0) is 0 Å². The molecule has 0 aliphatic carbocycles. The van der Waals surface area contributed by atoms with Crippen LogP contribution in [0.2, 0.25) is 0 Å². The lowest BCUT2D eigenvalue weighted by Crippen LogP contribution is -2.19. The Labute approximate surface area is 192 Å². The first-order valence-electron chi connectivity index (χ1n) is 10.7. The first-order valence-corrected chi connectivity index (χ1v) is 10.7. The largest absolute Gasteiger partial charge is 0.508 e. The first-order chi connectivity index (χ1) is 15.1. The fourth-order valence-corrected chi connectivity index (χ4v) is 3.52. The van der Waals surface area contributed by atoms with Crippen LogP contribution in [0.15, 0.2) is 78.9 Å². The summed E-state index contributed by atoms with van der Waals surface area (Å²) in [6.45, 7) is 1.64. The number of hydrogen-bond donors (Lipinski definition) is 2. The number of aliphatic hydroxyl groups is 1. The number of phenolic OH excluding ortho intramolecular Hbond substituents is 1. The summed E-state index contributed by atoms with van der Waals surface area (Å²) in [4.78, 5) is 2.09. The number of rotatable bonds is 10. The Balaban J connectivity index is 0.00000363. The van der Waals surface area contributed by atoms with E-state index in [2.05, 4.69) is 29.2 Å². The molecule has 0 aliphatic rings. The number of nitrogens with zero attached hydrogens (tertiary/aromatic N) is 1. The molecule has 3 rings (SSSR count). The Morgan fingerprint density at radius 1 is 0.812 bits per heavy atom. The summed E-state index contributed by atoms with van der Waals surface area (Å²) in [6, 6.07) is 25.7. The highest BCUT2D eigenvalue weighted by Gasteiger charge is 2.14. The maximum atomic E-state index is 9.79. The van der Waals surface area contributed by atoms with Crippen molar-refractivity contribution in [2.24, 2.45) is 0 Å². The molecule has 0 unspecified atom stereocenters. The number of aliphatic hydroxyl groups excluding tert-OH is 1. The van der Waals surface area contributed by atoms with Gasteiger partial charge in [-0.1, -0.05) is 62.0 Å². The van der Waals surface area contributed by atoms with Crippen molar-refractivity contribution in [3.05, 3.63) is 95.6 Å². The van der Waals surface area contributed by atoms with Crippen LogP contribution < -0.4 is 4.74 Å². The van der Waals surface area contributed by atoms with E-state index in [1.165, 1.54) is 5.57 Å². The van der Waals surface area contributed by atoms with E-state index < -0.39 is 0 Å². The molecule has 0 aliphatic heterocycles. The Bertz CT molecular complexity index is 962. The molecule has 0 radical (unpaired) electrons. The Kier molecular flexibility index (Phi) is 9.99. The molecule has 0 amide bonds. The predicted octanol–water partition coefficient (Wildman–Crippen LogP) is 5.70. The molecule has 0 bridgehead atoms. The molecule has 4 nitrogen and oxygen atoms in total. The second kappa shape index (κ2) is 12.7. The molecular formula is C28H35NO3. The third-order valence-corrected chi connectivity index (χ3v) is 5.12. The average Bonchev–Trinajstić information content (AvgIpc) is 2.79. The number of benzene rings is 3. The number of likely N-dealkylation sites (N-methyl/N-ethyl adjacent to an activating group) is 1. The van der Waals surface area contributed by atoms with E-state index in [0.29, 0.717) is 13.0 Å². The summed E-state index contributed by atoms with van der Waals surface area (Å²) in [5, 5.41) is 19.3. The van der Waals surface area contributed by atoms with E-state index in [1.54, 1.807) is 12.1 Å². The molecule has 0 saturated carbocycles. The van der Waals surface area contributed by atoms with Crippen LogP contribution in [0.3, 0.4) is 0 Å². The maximum Gasteiger partial charge on any atom is 0.119 e. The molecular weight excluding hydrogens is 398 g/mol. The smallest absolute Gasteiger partial charge is 0.119 e. The highest BCUT2D eigenvalue weighted by Crippen LogP contribution is 2.36. The minimum atomic E-state index is 0. The molecule has 0 heterocycles. The molecule has 0 atom stereocenters. The third-order valence-electron chi connectivity index (χ3n) is 5.12. The van der Waals surface area contributed by atoms with Crippen molar-refractivity contribution in [1.82, 2.24) is 4.90 Å². The number of phenols is 1. The van der Waals surface area contributed by atoms with Gasteiger partial charge in [-0.15, -0.1) is 0 Å². The zero-order valence-electron chi connectivity index (χ0n) is 18.3. The second-order valence-corrected chi connectivity index (χ2v) is 7.77. The van der Waals surface area contributed by atoms with Crippen molar-refractivity contribution in [3.63, 3.8) is 0 Å². The minimum Gasteiger partial charge on any atom is -0.508 e. The van der Waals surface area contributed by atoms with Crippen molar-refractivity contribution in [1.29, 1.82) is 0 Å². The van der Waals surface area contributed by atoms with E-state index in [0.717, 1.165) is 41.0 Å². The Morgan fingerprint density at radius 3 is 1.97 bits per heavy atom. The molecule has 0 spiro atoms. The monoisotopic (exact) mass is 433 g/mol. The van der Waals surface area contributed by atoms with Crippen LogP contribution >= 0.6 is 0 Å². The summed E-state index contributed by atoms with van der Waals surface area (Å²) in [6.07, 6.45) is 1.43. The molecule has 0 saturated heterocycles. The van der Waals surface area contributed by atoms with Gasteiger partial charge in [0, 0.05) is 13.2 Å². The normalized spacial score (nSPS) is 11.6. The summed E-state index contributed by atoms with van der Waals surface area (Å²) in [5.74, 6) is 1.08. The van der Waals surface area contributed by atoms with Gasteiger partial charge in [-0.2, -0.15) is 0 Å². The van der Waals surface area contributed by atoms with Crippen molar-refractivity contribution in [3.8, 4) is 11.5 Å². The van der Waals surface area contributed by atoms with Crippen LogP contribution in [0, 0.1) is 0 Å². The van der Waals surface area contributed by atoms with Crippen LogP contribution in [0.25, 0.3) is 11.1 Å². The Morgan fingerprint density at radius 2 is 1.41 bits per heavy atom. The summed E-state index contributed by atoms with van der Waals surface area (Å²) in [5.41, 5.74) is 5.49. The van der Waals surface area contributed by atoms with Gasteiger partial charge in [-0.05, 0) is 79.0 Å². The van der Waals surface area contributed by atoms with Crippen molar-refractivity contribution in [2.45, 2.75) is 20.3 Å². The van der Waals surface area contributed by atoms with Gasteiger partial charge in [0.2, 0.25) is 0 Å². The molecule has 0 fully saturated rings. The SMILES string of the molecule is C.CN(C)CCOc1ccc(/C(=C(/CCCO)c2ccccc2)c2ccc(O)cc2)cc1. The third kappa shape index (κ3) is 6.98. The molecule has 3 aromatic rings. The van der Waals surface area contributed by atoms with Crippen LogP contribution in [0.5, 0.6) is 11.5 Å². The highest BCUT2D eigenvalue weighted by molar-refractivity contribution is 5.98. The lowest BCUT2D eigenvalue weighted by molar-refractivity contribution is 0.261.